The number of nitrogens with zero attached hydrogens (tertiary/aromatic N) is 3. The predicted molar refractivity (Wildman–Crippen MR) is 143 cm³/mol. The minimum Gasteiger partial charge on any atom is -0.313 e. The zero-order valence-corrected chi connectivity index (χ0v) is 22.3. The molecular weight excluding hydrogens is 485 g/mol. The Morgan fingerprint density at radius 1 is 1.03 bits per heavy atom. The summed E-state index contributed by atoms with van der Waals surface area (Å²) in [5.74, 6) is 0.193. The fraction of sp³-hybridized carbons (Fsp3) is 0.346. The maximum absolute atomic E-state index is 13.1. The van der Waals surface area contributed by atoms with Crippen LogP contribution in [0.4, 0.5) is 16.3 Å². The number of nitrogens with one attached hydrogen (secondary N) is 2. The summed E-state index contributed by atoms with van der Waals surface area (Å²) in [4.78, 5) is 27.5. The number of carbonyl (C=O) groups is 2. The van der Waals surface area contributed by atoms with Crippen LogP contribution in [0.15, 0.2) is 48.5 Å². The smallest absolute Gasteiger partial charge is 0.313 e. The van der Waals surface area contributed by atoms with Crippen molar-refractivity contribution in [3.05, 3.63) is 69.8 Å². The van der Waals surface area contributed by atoms with Gasteiger partial charge in [-0.15, -0.1) is 0 Å². The van der Waals surface area contributed by atoms with Crippen LogP contribution in [0.2, 0.25) is 10.0 Å². The predicted octanol–water partition coefficient (Wildman–Crippen LogP) is 6.67. The van der Waals surface area contributed by atoms with Gasteiger partial charge in [-0.2, -0.15) is 5.10 Å². The SMILES string of the molecule is Cc1ccc(-n2nc(C(C)(C)C)cc2NC(=O)CN(C(=O)Nc2ccc(Cl)cc2Cl)C(C)C)cc1. The molecule has 0 radical (unpaired) electrons. The molecule has 2 aromatic carbocycles. The summed E-state index contributed by atoms with van der Waals surface area (Å²) in [6, 6.07) is 13.9. The van der Waals surface area contributed by atoms with E-state index in [1.54, 1.807) is 22.9 Å². The van der Waals surface area contributed by atoms with Gasteiger partial charge in [0.2, 0.25) is 5.91 Å². The Balaban J connectivity index is 1.81. The van der Waals surface area contributed by atoms with Gasteiger partial charge in [0.1, 0.15) is 12.4 Å². The van der Waals surface area contributed by atoms with E-state index in [1.807, 2.05) is 51.1 Å². The summed E-state index contributed by atoms with van der Waals surface area (Å²) in [5, 5.41) is 11.2. The number of anilines is 2. The van der Waals surface area contributed by atoms with Gasteiger partial charge in [0.15, 0.2) is 0 Å². The second-order valence-electron chi connectivity index (χ2n) is 9.74. The first-order valence-electron chi connectivity index (χ1n) is 11.4. The fourth-order valence-electron chi connectivity index (χ4n) is 3.32. The van der Waals surface area contributed by atoms with Crippen molar-refractivity contribution < 1.29 is 9.59 Å². The number of halogens is 2. The second-order valence-corrected chi connectivity index (χ2v) is 10.6. The van der Waals surface area contributed by atoms with Gasteiger partial charge in [-0.1, -0.05) is 61.7 Å². The first-order valence-corrected chi connectivity index (χ1v) is 12.1. The van der Waals surface area contributed by atoms with Crippen LogP contribution in [-0.4, -0.2) is 39.2 Å². The average Bonchev–Trinajstić information content (AvgIpc) is 3.18. The molecule has 0 saturated heterocycles. The minimum absolute atomic E-state index is 0.154. The van der Waals surface area contributed by atoms with E-state index in [0.29, 0.717) is 21.6 Å². The molecule has 0 aliphatic rings. The van der Waals surface area contributed by atoms with Crippen molar-refractivity contribution in [1.29, 1.82) is 0 Å². The minimum atomic E-state index is -0.443. The number of benzene rings is 2. The normalized spacial score (nSPS) is 11.5. The van der Waals surface area contributed by atoms with Crippen LogP contribution in [0.3, 0.4) is 0 Å². The Bertz CT molecular complexity index is 1210. The van der Waals surface area contributed by atoms with Crippen molar-refractivity contribution in [2.75, 3.05) is 17.2 Å². The van der Waals surface area contributed by atoms with Crippen LogP contribution in [0.25, 0.3) is 5.69 Å². The maximum Gasteiger partial charge on any atom is 0.322 e. The lowest BCUT2D eigenvalue weighted by Gasteiger charge is -2.26. The van der Waals surface area contributed by atoms with Crippen molar-refractivity contribution in [3.63, 3.8) is 0 Å². The zero-order chi connectivity index (χ0) is 25.9. The summed E-state index contributed by atoms with van der Waals surface area (Å²) >= 11 is 12.1. The number of urea groups is 1. The summed E-state index contributed by atoms with van der Waals surface area (Å²) in [6.45, 7) is 11.7. The van der Waals surface area contributed by atoms with Crippen molar-refractivity contribution >= 4 is 46.6 Å². The number of aromatic nitrogens is 2. The van der Waals surface area contributed by atoms with E-state index in [4.69, 9.17) is 28.3 Å². The molecule has 35 heavy (non-hydrogen) atoms. The standard InChI is InChI=1S/C26H31Cl2N5O2/c1-16(2)32(25(35)29-21-12-9-18(27)13-20(21)28)15-24(34)30-23-14-22(26(4,5)6)31-33(23)19-10-7-17(3)8-11-19/h7-14,16H,15H2,1-6H3,(H,29,35)(H,30,34). The lowest BCUT2D eigenvalue weighted by Crippen LogP contribution is -2.44. The number of rotatable bonds is 6. The number of hydrogen-bond donors (Lipinski definition) is 2. The molecule has 0 aliphatic heterocycles. The summed E-state index contributed by atoms with van der Waals surface area (Å²) in [5.41, 5.74) is 3.00. The first-order chi connectivity index (χ1) is 16.3. The molecule has 0 bridgehead atoms. The maximum atomic E-state index is 13.1. The molecule has 2 N–H and O–H groups in total. The van der Waals surface area contributed by atoms with Gasteiger partial charge >= 0.3 is 6.03 Å². The van der Waals surface area contributed by atoms with E-state index in [-0.39, 0.29) is 23.9 Å². The molecule has 9 heteroatoms. The monoisotopic (exact) mass is 515 g/mol. The van der Waals surface area contributed by atoms with Gasteiger partial charge in [0.25, 0.3) is 0 Å². The number of aryl methyl sites for hydroxylation is 1. The van der Waals surface area contributed by atoms with Crippen molar-refractivity contribution in [2.45, 2.75) is 53.0 Å². The van der Waals surface area contributed by atoms with E-state index in [2.05, 4.69) is 31.4 Å². The molecule has 0 saturated carbocycles. The van der Waals surface area contributed by atoms with E-state index in [9.17, 15) is 9.59 Å². The van der Waals surface area contributed by atoms with E-state index < -0.39 is 6.03 Å². The molecule has 3 amide bonds. The molecule has 1 aromatic heterocycles. The lowest BCUT2D eigenvalue weighted by molar-refractivity contribution is -0.117. The second kappa shape index (κ2) is 10.7. The fourth-order valence-corrected chi connectivity index (χ4v) is 3.78. The Kier molecular flexibility index (Phi) is 8.13. The van der Waals surface area contributed by atoms with Crippen LogP contribution >= 0.6 is 23.2 Å². The molecule has 3 aromatic rings. The largest absolute Gasteiger partial charge is 0.322 e. The van der Waals surface area contributed by atoms with Gasteiger partial charge in [0.05, 0.1) is 22.1 Å². The Morgan fingerprint density at radius 3 is 2.26 bits per heavy atom. The number of hydrogen-bond acceptors (Lipinski definition) is 3. The molecule has 0 spiro atoms. The van der Waals surface area contributed by atoms with Crippen LogP contribution in [-0.2, 0) is 10.2 Å². The number of carbonyl (C=O) groups excluding carboxylic acids is 2. The van der Waals surface area contributed by atoms with Crippen LogP contribution in [0.1, 0.15) is 45.9 Å². The third-order valence-corrected chi connectivity index (χ3v) is 5.94. The molecule has 3 rings (SSSR count). The Hall–Kier alpha value is -3.03. The van der Waals surface area contributed by atoms with Gasteiger partial charge < -0.3 is 15.5 Å². The van der Waals surface area contributed by atoms with Gasteiger partial charge in [-0.3, -0.25) is 4.79 Å². The Morgan fingerprint density at radius 2 is 1.69 bits per heavy atom. The summed E-state index contributed by atoms with van der Waals surface area (Å²) < 4.78 is 1.71. The van der Waals surface area contributed by atoms with E-state index in [0.717, 1.165) is 16.9 Å². The van der Waals surface area contributed by atoms with E-state index in [1.165, 1.54) is 4.90 Å². The summed E-state index contributed by atoms with van der Waals surface area (Å²) in [7, 11) is 0. The van der Waals surface area contributed by atoms with E-state index >= 15 is 0 Å². The molecule has 0 unspecified atom stereocenters. The van der Waals surface area contributed by atoms with Crippen molar-refractivity contribution in [2.24, 2.45) is 0 Å². The van der Waals surface area contributed by atoms with Gasteiger partial charge in [-0.25, -0.2) is 9.48 Å². The Labute approximate surface area is 216 Å². The highest BCUT2D eigenvalue weighted by molar-refractivity contribution is 6.36. The topological polar surface area (TPSA) is 79.3 Å². The van der Waals surface area contributed by atoms with Crippen molar-refractivity contribution in [3.8, 4) is 5.69 Å². The highest BCUT2D eigenvalue weighted by Crippen LogP contribution is 2.27. The number of amides is 3. The third-order valence-electron chi connectivity index (χ3n) is 5.39. The van der Waals surface area contributed by atoms with Gasteiger partial charge in [0, 0.05) is 22.5 Å². The molecule has 7 nitrogen and oxygen atoms in total. The third kappa shape index (κ3) is 6.77. The average molecular weight is 516 g/mol. The van der Waals surface area contributed by atoms with Crippen LogP contribution in [0.5, 0.6) is 0 Å². The summed E-state index contributed by atoms with van der Waals surface area (Å²) in [6.07, 6.45) is 0. The highest BCUT2D eigenvalue weighted by atomic mass is 35.5. The van der Waals surface area contributed by atoms with Crippen LogP contribution in [0, 0.1) is 6.92 Å². The molecule has 0 atom stereocenters. The lowest BCUT2D eigenvalue weighted by atomic mass is 9.92. The molecule has 1 heterocycles. The molecule has 0 aliphatic carbocycles. The molecule has 186 valence electrons. The van der Waals surface area contributed by atoms with Crippen LogP contribution < -0.4 is 10.6 Å². The first kappa shape index (κ1) is 26.6. The van der Waals surface area contributed by atoms with Gasteiger partial charge in [-0.05, 0) is 51.1 Å². The highest BCUT2D eigenvalue weighted by Gasteiger charge is 2.24. The zero-order valence-electron chi connectivity index (χ0n) is 20.8. The molecule has 0 fully saturated rings. The quantitative estimate of drug-likeness (QED) is 0.384. The van der Waals surface area contributed by atoms with Crippen molar-refractivity contribution in [1.82, 2.24) is 14.7 Å². The molecular formula is C26H31Cl2N5O2.